The third kappa shape index (κ3) is 2.44. The molecule has 1 rings (SSSR count). The van der Waals surface area contributed by atoms with Crippen LogP contribution in [-0.2, 0) is 0 Å². The molecule has 0 N–H and O–H groups in total. The van der Waals surface area contributed by atoms with Crippen LogP contribution in [0.4, 0.5) is 0 Å². The number of hydrogen-bond acceptors (Lipinski definition) is 3. The van der Waals surface area contributed by atoms with Crippen molar-refractivity contribution in [3.8, 4) is 5.75 Å². The maximum absolute atomic E-state index is 5.60. The number of halogens is 2. The first-order chi connectivity index (χ1) is 5.24. The smallest absolute Gasteiger partial charge is 0.165 e. The fourth-order valence-corrected chi connectivity index (χ4v) is 1.15. The molecule has 1 aromatic rings. The summed E-state index contributed by atoms with van der Waals surface area (Å²) < 4.78 is 5.95. The third-order valence-electron chi connectivity index (χ3n) is 0.987. The van der Waals surface area contributed by atoms with Crippen molar-refractivity contribution in [1.29, 1.82) is 0 Å². The molecule has 0 unspecified atom stereocenters. The lowest BCUT2D eigenvalue weighted by molar-refractivity contribution is 0.335. The molecule has 11 heavy (non-hydrogen) atoms. The predicted molar refractivity (Wildman–Crippen MR) is 50.9 cm³/mol. The molecule has 3 nitrogen and oxygen atoms in total. The van der Waals surface area contributed by atoms with E-state index in [-0.39, 0.29) is 0 Å². The van der Waals surface area contributed by atoms with Crippen LogP contribution in [-0.4, -0.2) is 16.8 Å². The van der Waals surface area contributed by atoms with Crippen LogP contribution in [0.25, 0.3) is 0 Å². The molecule has 1 aromatic heterocycles. The molecule has 0 bridgehead atoms. The Morgan fingerprint density at radius 2 is 2.36 bits per heavy atom. The van der Waals surface area contributed by atoms with Gasteiger partial charge in [-0.1, -0.05) is 11.6 Å². The number of hydrogen-bond donors (Lipinski definition) is 0. The minimum absolute atomic E-state index is 0.355. The maximum Gasteiger partial charge on any atom is 0.165 e. The molecular weight excluding hydrogens is 278 g/mol. The second-order valence-corrected chi connectivity index (χ2v) is 3.16. The Bertz CT molecular complexity index is 256. The quantitative estimate of drug-likeness (QED) is 0.781. The standard InChI is InChI=1S/C6H6ClIN2O/c1-2-11-4-3-5(7)9-10-6(4)8/h3H,2H2,1H3. The van der Waals surface area contributed by atoms with Crippen LogP contribution < -0.4 is 4.74 Å². The van der Waals surface area contributed by atoms with Gasteiger partial charge in [0.05, 0.1) is 6.61 Å². The minimum atomic E-state index is 0.355. The summed E-state index contributed by atoms with van der Waals surface area (Å²) in [7, 11) is 0. The van der Waals surface area contributed by atoms with E-state index >= 15 is 0 Å². The number of ether oxygens (including phenoxy) is 1. The van der Waals surface area contributed by atoms with E-state index in [1.54, 1.807) is 6.07 Å². The van der Waals surface area contributed by atoms with Gasteiger partial charge >= 0.3 is 0 Å². The maximum atomic E-state index is 5.60. The van der Waals surface area contributed by atoms with Crippen LogP contribution in [0.5, 0.6) is 5.75 Å². The van der Waals surface area contributed by atoms with Crippen molar-refractivity contribution in [2.75, 3.05) is 6.61 Å². The zero-order valence-electron chi connectivity index (χ0n) is 5.84. The van der Waals surface area contributed by atoms with Gasteiger partial charge in [-0.3, -0.25) is 0 Å². The highest BCUT2D eigenvalue weighted by Crippen LogP contribution is 2.20. The summed E-state index contributed by atoms with van der Waals surface area (Å²) in [5.41, 5.74) is 0. The van der Waals surface area contributed by atoms with Crippen molar-refractivity contribution in [3.05, 3.63) is 14.9 Å². The average Bonchev–Trinajstić information content (AvgIpc) is 1.98. The van der Waals surface area contributed by atoms with E-state index < -0.39 is 0 Å². The first kappa shape index (κ1) is 8.99. The Balaban J connectivity index is 2.93. The summed E-state index contributed by atoms with van der Waals surface area (Å²) in [6.45, 7) is 2.52. The van der Waals surface area contributed by atoms with E-state index in [9.17, 15) is 0 Å². The summed E-state index contributed by atoms with van der Waals surface area (Å²) >= 11 is 7.64. The highest BCUT2D eigenvalue weighted by molar-refractivity contribution is 14.1. The Morgan fingerprint density at radius 3 is 3.00 bits per heavy atom. The van der Waals surface area contributed by atoms with Gasteiger partial charge in [0, 0.05) is 6.07 Å². The Kier molecular flexibility index (Phi) is 3.32. The van der Waals surface area contributed by atoms with Crippen LogP contribution in [0.15, 0.2) is 6.07 Å². The van der Waals surface area contributed by atoms with Crippen LogP contribution in [0.2, 0.25) is 5.15 Å². The van der Waals surface area contributed by atoms with E-state index in [1.165, 1.54) is 0 Å². The first-order valence-corrected chi connectivity index (χ1v) is 4.51. The summed E-state index contributed by atoms with van der Waals surface area (Å²) in [6, 6.07) is 1.65. The van der Waals surface area contributed by atoms with E-state index in [1.807, 2.05) is 29.5 Å². The van der Waals surface area contributed by atoms with Crippen LogP contribution in [0, 0.1) is 3.70 Å². The van der Waals surface area contributed by atoms with Crippen LogP contribution >= 0.6 is 34.2 Å². The van der Waals surface area contributed by atoms with Crippen molar-refractivity contribution in [1.82, 2.24) is 10.2 Å². The fraction of sp³-hybridized carbons (Fsp3) is 0.333. The molecule has 0 aromatic carbocycles. The highest BCUT2D eigenvalue weighted by atomic mass is 127. The first-order valence-electron chi connectivity index (χ1n) is 3.05. The van der Waals surface area contributed by atoms with E-state index in [0.717, 1.165) is 3.70 Å². The molecule has 1 heterocycles. The average molecular weight is 284 g/mol. The van der Waals surface area contributed by atoms with Crippen molar-refractivity contribution < 1.29 is 4.74 Å². The monoisotopic (exact) mass is 284 g/mol. The highest BCUT2D eigenvalue weighted by Gasteiger charge is 2.02. The molecule has 0 aliphatic heterocycles. The normalized spacial score (nSPS) is 9.73. The van der Waals surface area contributed by atoms with E-state index in [0.29, 0.717) is 17.5 Å². The van der Waals surface area contributed by atoms with Gasteiger partial charge in [-0.2, -0.15) is 0 Å². The van der Waals surface area contributed by atoms with Crippen LogP contribution in [0.3, 0.4) is 0 Å². The lowest BCUT2D eigenvalue weighted by Gasteiger charge is -2.02. The van der Waals surface area contributed by atoms with Gasteiger partial charge in [-0.15, -0.1) is 10.2 Å². The molecule has 0 spiro atoms. The van der Waals surface area contributed by atoms with Crippen molar-refractivity contribution in [3.63, 3.8) is 0 Å². The largest absolute Gasteiger partial charge is 0.491 e. The molecule has 0 saturated heterocycles. The Hall–Kier alpha value is -0.100. The topological polar surface area (TPSA) is 35.0 Å². The van der Waals surface area contributed by atoms with E-state index in [2.05, 4.69) is 10.2 Å². The molecule has 5 heteroatoms. The zero-order chi connectivity index (χ0) is 8.27. The van der Waals surface area contributed by atoms with Crippen molar-refractivity contribution in [2.24, 2.45) is 0 Å². The van der Waals surface area contributed by atoms with Crippen LogP contribution in [0.1, 0.15) is 6.92 Å². The number of aromatic nitrogens is 2. The van der Waals surface area contributed by atoms with Gasteiger partial charge in [-0.25, -0.2) is 0 Å². The lowest BCUT2D eigenvalue weighted by Crippen LogP contribution is -1.97. The second-order valence-electron chi connectivity index (χ2n) is 1.76. The summed E-state index contributed by atoms with van der Waals surface area (Å²) in [5, 5.41) is 7.78. The molecule has 60 valence electrons. The molecule has 0 atom stereocenters. The molecule has 0 radical (unpaired) electrons. The number of nitrogens with zero attached hydrogens (tertiary/aromatic N) is 2. The number of rotatable bonds is 2. The van der Waals surface area contributed by atoms with Gasteiger partial charge in [0.2, 0.25) is 0 Å². The van der Waals surface area contributed by atoms with Gasteiger partial charge < -0.3 is 4.74 Å². The SMILES string of the molecule is CCOc1cc(Cl)nnc1I. The van der Waals surface area contributed by atoms with Gasteiger partial charge in [0.1, 0.15) is 0 Å². The zero-order valence-corrected chi connectivity index (χ0v) is 8.76. The molecule has 0 fully saturated rings. The summed E-state index contributed by atoms with van der Waals surface area (Å²) in [4.78, 5) is 0. The van der Waals surface area contributed by atoms with Crippen molar-refractivity contribution >= 4 is 34.2 Å². The molecule has 0 aliphatic rings. The summed E-state index contributed by atoms with van der Waals surface area (Å²) in [5.74, 6) is 0.688. The molecule has 0 aliphatic carbocycles. The predicted octanol–water partition coefficient (Wildman–Crippen LogP) is 2.13. The Morgan fingerprint density at radius 1 is 1.64 bits per heavy atom. The molecular formula is C6H6ClIN2O. The van der Waals surface area contributed by atoms with Gasteiger partial charge in [0.25, 0.3) is 0 Å². The Labute approximate surface area is 83.2 Å². The van der Waals surface area contributed by atoms with Gasteiger partial charge in [0.15, 0.2) is 14.6 Å². The fourth-order valence-electron chi connectivity index (χ4n) is 0.594. The third-order valence-corrected chi connectivity index (χ3v) is 1.92. The van der Waals surface area contributed by atoms with Crippen molar-refractivity contribution in [2.45, 2.75) is 6.92 Å². The molecule has 0 saturated carbocycles. The van der Waals surface area contributed by atoms with Gasteiger partial charge in [-0.05, 0) is 29.5 Å². The molecule has 0 amide bonds. The minimum Gasteiger partial charge on any atom is -0.491 e. The second kappa shape index (κ2) is 4.06. The lowest BCUT2D eigenvalue weighted by atomic mass is 10.5. The van der Waals surface area contributed by atoms with E-state index in [4.69, 9.17) is 16.3 Å². The summed E-state index contributed by atoms with van der Waals surface area (Å²) in [6.07, 6.45) is 0.